The van der Waals surface area contributed by atoms with Crippen LogP contribution in [0.1, 0.15) is 16.7 Å². The molecule has 2 heterocycles. The fourth-order valence-electron chi connectivity index (χ4n) is 2.32. The van der Waals surface area contributed by atoms with Gasteiger partial charge in [0.2, 0.25) is 0 Å². The zero-order valence-corrected chi connectivity index (χ0v) is 13.7. The van der Waals surface area contributed by atoms with Crippen LogP contribution in [0.3, 0.4) is 0 Å². The second kappa shape index (κ2) is 7.00. The number of nitrogens with one attached hydrogen (secondary N) is 2. The lowest BCUT2D eigenvalue weighted by Crippen LogP contribution is -2.28. The predicted molar refractivity (Wildman–Crippen MR) is 93.7 cm³/mol. The Hall–Kier alpha value is -3.08. The van der Waals surface area contributed by atoms with Gasteiger partial charge in [-0.1, -0.05) is 6.07 Å². The zero-order valence-electron chi connectivity index (χ0n) is 13.7. The van der Waals surface area contributed by atoms with E-state index in [0.717, 1.165) is 22.5 Å². The van der Waals surface area contributed by atoms with Crippen molar-refractivity contribution in [3.05, 3.63) is 71.6 Å². The van der Waals surface area contributed by atoms with Crippen LogP contribution in [0.25, 0.3) is 11.5 Å². The molecule has 3 aromatic rings. The highest BCUT2D eigenvalue weighted by molar-refractivity contribution is 5.89. The number of carbonyl (C=O) groups is 1. The number of benzene rings is 1. The van der Waals surface area contributed by atoms with E-state index in [4.69, 9.17) is 4.42 Å². The summed E-state index contributed by atoms with van der Waals surface area (Å²) in [7, 11) is 0. The van der Waals surface area contributed by atoms with E-state index in [0.29, 0.717) is 12.3 Å². The molecule has 3 rings (SSSR count). The van der Waals surface area contributed by atoms with Crippen LogP contribution in [-0.4, -0.2) is 11.0 Å². The van der Waals surface area contributed by atoms with Crippen molar-refractivity contribution in [1.82, 2.24) is 10.3 Å². The SMILES string of the molecule is Cc1ccc(NC(=O)NCc2ccnc(-c3ccco3)c2)cc1C. The van der Waals surface area contributed by atoms with Gasteiger partial charge in [-0.05, 0) is 66.9 Å². The number of nitrogens with zero attached hydrogens (tertiary/aromatic N) is 1. The summed E-state index contributed by atoms with van der Waals surface area (Å²) in [5.74, 6) is 0.705. The third-order valence-electron chi connectivity index (χ3n) is 3.82. The van der Waals surface area contributed by atoms with Gasteiger partial charge in [0.1, 0.15) is 5.69 Å². The first-order valence-electron chi connectivity index (χ1n) is 7.73. The third kappa shape index (κ3) is 3.81. The standard InChI is InChI=1S/C19H19N3O2/c1-13-5-6-16(10-14(13)2)22-19(23)21-12-15-7-8-20-17(11-15)18-4-3-9-24-18/h3-11H,12H2,1-2H3,(H2,21,22,23). The van der Waals surface area contributed by atoms with Crippen LogP contribution in [0.2, 0.25) is 0 Å². The number of hydrogen-bond acceptors (Lipinski definition) is 3. The maximum absolute atomic E-state index is 12.0. The van der Waals surface area contributed by atoms with Crippen molar-refractivity contribution in [2.75, 3.05) is 5.32 Å². The van der Waals surface area contributed by atoms with E-state index in [1.165, 1.54) is 5.56 Å². The average molecular weight is 321 g/mol. The van der Waals surface area contributed by atoms with Crippen molar-refractivity contribution >= 4 is 11.7 Å². The molecule has 0 bridgehead atoms. The Bertz CT molecular complexity index is 842. The number of aryl methyl sites for hydroxylation is 2. The Morgan fingerprint density at radius 2 is 2.00 bits per heavy atom. The van der Waals surface area contributed by atoms with Crippen molar-refractivity contribution in [3.63, 3.8) is 0 Å². The van der Waals surface area contributed by atoms with Gasteiger partial charge >= 0.3 is 6.03 Å². The first-order chi connectivity index (χ1) is 11.6. The van der Waals surface area contributed by atoms with Crippen LogP contribution in [0.5, 0.6) is 0 Å². The maximum atomic E-state index is 12.0. The molecule has 5 heteroatoms. The third-order valence-corrected chi connectivity index (χ3v) is 3.82. The van der Waals surface area contributed by atoms with Gasteiger partial charge in [-0.3, -0.25) is 4.98 Å². The van der Waals surface area contributed by atoms with Crippen molar-refractivity contribution in [1.29, 1.82) is 0 Å². The molecule has 0 aliphatic carbocycles. The lowest BCUT2D eigenvalue weighted by molar-refractivity contribution is 0.251. The fourth-order valence-corrected chi connectivity index (χ4v) is 2.32. The Labute approximate surface area is 140 Å². The lowest BCUT2D eigenvalue weighted by Gasteiger charge is -2.09. The minimum atomic E-state index is -0.241. The molecule has 122 valence electrons. The molecule has 1 aromatic carbocycles. The molecule has 0 aliphatic heterocycles. The van der Waals surface area contributed by atoms with Gasteiger partial charge in [-0.25, -0.2) is 4.79 Å². The number of hydrogen-bond donors (Lipinski definition) is 2. The van der Waals surface area contributed by atoms with E-state index < -0.39 is 0 Å². The monoisotopic (exact) mass is 321 g/mol. The highest BCUT2D eigenvalue weighted by atomic mass is 16.3. The molecule has 0 saturated carbocycles. The van der Waals surface area contributed by atoms with Gasteiger partial charge in [-0.2, -0.15) is 0 Å². The second-order valence-corrected chi connectivity index (χ2v) is 5.63. The first kappa shape index (κ1) is 15.8. The second-order valence-electron chi connectivity index (χ2n) is 5.63. The number of amides is 2. The van der Waals surface area contributed by atoms with Crippen molar-refractivity contribution in [2.45, 2.75) is 20.4 Å². The summed E-state index contributed by atoms with van der Waals surface area (Å²) in [6.07, 6.45) is 3.31. The number of anilines is 1. The van der Waals surface area contributed by atoms with Crippen LogP contribution in [0.4, 0.5) is 10.5 Å². The fraction of sp³-hybridized carbons (Fsp3) is 0.158. The van der Waals surface area contributed by atoms with Crippen molar-refractivity contribution in [2.24, 2.45) is 0 Å². The van der Waals surface area contributed by atoms with Crippen molar-refractivity contribution < 1.29 is 9.21 Å². The Morgan fingerprint density at radius 3 is 2.75 bits per heavy atom. The molecule has 0 fully saturated rings. The molecule has 2 aromatic heterocycles. The summed E-state index contributed by atoms with van der Waals surface area (Å²) < 4.78 is 5.34. The van der Waals surface area contributed by atoms with Gasteiger partial charge in [0.25, 0.3) is 0 Å². The molecule has 2 N–H and O–H groups in total. The molecule has 0 unspecified atom stereocenters. The van der Waals surface area contributed by atoms with Crippen LogP contribution >= 0.6 is 0 Å². The minimum Gasteiger partial charge on any atom is -0.463 e. The minimum absolute atomic E-state index is 0.241. The van der Waals surface area contributed by atoms with Crippen LogP contribution in [0, 0.1) is 13.8 Å². The number of aromatic nitrogens is 1. The molecule has 2 amide bonds. The quantitative estimate of drug-likeness (QED) is 0.753. The van der Waals surface area contributed by atoms with E-state index in [9.17, 15) is 4.79 Å². The van der Waals surface area contributed by atoms with Gasteiger partial charge in [-0.15, -0.1) is 0 Å². The number of pyridine rings is 1. The molecular formula is C19H19N3O2. The largest absolute Gasteiger partial charge is 0.463 e. The van der Waals surface area contributed by atoms with E-state index in [-0.39, 0.29) is 6.03 Å². The summed E-state index contributed by atoms with van der Waals surface area (Å²) in [4.78, 5) is 16.3. The van der Waals surface area contributed by atoms with E-state index >= 15 is 0 Å². The number of carbonyl (C=O) groups excluding carboxylic acids is 1. The van der Waals surface area contributed by atoms with Gasteiger partial charge < -0.3 is 15.1 Å². The van der Waals surface area contributed by atoms with Gasteiger partial charge in [0.05, 0.1) is 6.26 Å². The molecule has 0 aliphatic rings. The summed E-state index contributed by atoms with van der Waals surface area (Å²) in [6.45, 7) is 4.47. The topological polar surface area (TPSA) is 67.2 Å². The summed E-state index contributed by atoms with van der Waals surface area (Å²) in [6, 6.07) is 13.0. The normalized spacial score (nSPS) is 10.4. The smallest absolute Gasteiger partial charge is 0.319 e. The number of furan rings is 1. The zero-order chi connectivity index (χ0) is 16.9. The Balaban J connectivity index is 1.60. The van der Waals surface area contributed by atoms with Gasteiger partial charge in [0, 0.05) is 18.4 Å². The summed E-state index contributed by atoms with van der Waals surface area (Å²) in [5, 5.41) is 5.68. The molecule has 0 radical (unpaired) electrons. The highest BCUT2D eigenvalue weighted by Crippen LogP contribution is 2.18. The summed E-state index contributed by atoms with van der Waals surface area (Å²) in [5.41, 5.74) is 4.82. The highest BCUT2D eigenvalue weighted by Gasteiger charge is 2.06. The van der Waals surface area contributed by atoms with E-state index in [1.54, 1.807) is 12.5 Å². The molecule has 0 spiro atoms. The lowest BCUT2D eigenvalue weighted by atomic mass is 10.1. The molecule has 24 heavy (non-hydrogen) atoms. The van der Waals surface area contributed by atoms with E-state index in [2.05, 4.69) is 15.6 Å². The Morgan fingerprint density at radius 1 is 1.12 bits per heavy atom. The van der Waals surface area contributed by atoms with Crippen LogP contribution < -0.4 is 10.6 Å². The average Bonchev–Trinajstić information content (AvgIpc) is 3.11. The Kier molecular flexibility index (Phi) is 4.61. The van der Waals surface area contributed by atoms with Crippen LogP contribution in [-0.2, 0) is 6.54 Å². The molecule has 0 saturated heterocycles. The summed E-state index contributed by atoms with van der Waals surface area (Å²) >= 11 is 0. The van der Waals surface area contributed by atoms with Crippen LogP contribution in [0.15, 0.2) is 59.3 Å². The first-order valence-corrected chi connectivity index (χ1v) is 7.73. The van der Waals surface area contributed by atoms with Gasteiger partial charge in [0.15, 0.2) is 5.76 Å². The number of rotatable bonds is 4. The maximum Gasteiger partial charge on any atom is 0.319 e. The molecular weight excluding hydrogens is 302 g/mol. The van der Waals surface area contributed by atoms with Crippen molar-refractivity contribution in [3.8, 4) is 11.5 Å². The van der Waals surface area contributed by atoms with E-state index in [1.807, 2.05) is 56.3 Å². The predicted octanol–water partition coefficient (Wildman–Crippen LogP) is 4.28. The molecule has 0 atom stereocenters. The molecule has 5 nitrogen and oxygen atoms in total. The number of urea groups is 1.